The molecule has 28 heavy (non-hydrogen) atoms. The van der Waals surface area contributed by atoms with Gasteiger partial charge in [0.05, 0.1) is 22.7 Å². The molecule has 1 aliphatic heterocycles. The molecule has 0 bridgehead atoms. The largest absolute Gasteiger partial charge is 0.329 e. The molecule has 1 aromatic heterocycles. The summed E-state index contributed by atoms with van der Waals surface area (Å²) in [6, 6.07) is 7.58. The number of nitrogens with zero attached hydrogens (tertiary/aromatic N) is 3. The minimum Gasteiger partial charge on any atom is -0.329 e. The highest BCUT2D eigenvalue weighted by Gasteiger charge is 2.36. The number of sulfone groups is 1. The maximum Gasteiger partial charge on any atom is 0.274 e. The molecule has 150 valence electrons. The van der Waals surface area contributed by atoms with Crippen molar-refractivity contribution >= 4 is 39.1 Å². The maximum absolute atomic E-state index is 13.3. The summed E-state index contributed by atoms with van der Waals surface area (Å²) in [5.74, 6) is -0.322. The van der Waals surface area contributed by atoms with E-state index in [1.165, 1.54) is 23.5 Å². The highest BCUT2D eigenvalue weighted by molar-refractivity contribution is 7.98. The van der Waals surface area contributed by atoms with Gasteiger partial charge < -0.3 is 4.90 Å². The number of carbonyl (C=O) groups excluding carboxylic acids is 1. The molecule has 0 radical (unpaired) electrons. The Kier molecular flexibility index (Phi) is 6.62. The number of halogens is 1. The molecular weight excluding hydrogens is 418 g/mol. The Bertz CT molecular complexity index is 965. The minimum absolute atomic E-state index is 0.0378. The number of rotatable bonds is 6. The summed E-state index contributed by atoms with van der Waals surface area (Å²) in [7, 11) is -3.15. The Morgan fingerprint density at radius 2 is 1.96 bits per heavy atom. The molecule has 1 unspecified atom stereocenters. The van der Waals surface area contributed by atoms with Crippen molar-refractivity contribution in [3.8, 4) is 0 Å². The number of benzene rings is 1. The first-order valence-corrected chi connectivity index (χ1v) is 12.4. The van der Waals surface area contributed by atoms with Gasteiger partial charge in [0.15, 0.2) is 20.7 Å². The Morgan fingerprint density at radius 1 is 1.29 bits per heavy atom. The summed E-state index contributed by atoms with van der Waals surface area (Å²) in [6.45, 7) is 2.38. The average molecular weight is 440 g/mol. The Labute approximate surface area is 174 Å². The molecule has 2 heterocycles. The zero-order chi connectivity index (χ0) is 20.3. The Hall–Kier alpha value is -1.64. The Morgan fingerprint density at radius 3 is 2.54 bits per heavy atom. The average Bonchev–Trinajstić information content (AvgIpc) is 3.06. The van der Waals surface area contributed by atoms with Crippen LogP contribution < -0.4 is 0 Å². The van der Waals surface area contributed by atoms with Crippen molar-refractivity contribution in [3.05, 3.63) is 52.3 Å². The van der Waals surface area contributed by atoms with E-state index in [1.54, 1.807) is 4.90 Å². The molecule has 1 aliphatic rings. The van der Waals surface area contributed by atoms with Crippen LogP contribution in [-0.4, -0.2) is 53.0 Å². The van der Waals surface area contributed by atoms with Crippen LogP contribution in [0.1, 0.15) is 35.0 Å². The van der Waals surface area contributed by atoms with Crippen molar-refractivity contribution < 1.29 is 13.2 Å². The molecular formula is C19H22ClN3O3S2. The zero-order valence-corrected chi connectivity index (χ0v) is 18.1. The third-order valence-electron chi connectivity index (χ3n) is 4.80. The molecule has 1 saturated heterocycles. The number of amides is 1. The van der Waals surface area contributed by atoms with Crippen LogP contribution in [0.5, 0.6) is 0 Å². The van der Waals surface area contributed by atoms with E-state index in [9.17, 15) is 13.2 Å². The van der Waals surface area contributed by atoms with E-state index in [0.717, 1.165) is 12.0 Å². The van der Waals surface area contributed by atoms with E-state index in [-0.39, 0.29) is 28.1 Å². The first kappa shape index (κ1) is 21.1. The number of hydrogen-bond donors (Lipinski definition) is 0. The minimum atomic E-state index is -3.15. The molecule has 1 fully saturated rings. The fourth-order valence-corrected chi connectivity index (χ4v) is 5.44. The SMILES string of the molecule is CCc1ccc(CN(C(=O)c2nc(SC)ncc2Cl)C2CCS(=O)(=O)C2)cc1. The molecule has 0 aliphatic carbocycles. The third-order valence-corrected chi connectivity index (χ3v) is 7.39. The lowest BCUT2D eigenvalue weighted by atomic mass is 10.1. The van der Waals surface area contributed by atoms with Crippen LogP contribution in [0.15, 0.2) is 35.6 Å². The highest BCUT2D eigenvalue weighted by Crippen LogP contribution is 2.25. The van der Waals surface area contributed by atoms with Gasteiger partial charge in [-0.1, -0.05) is 54.6 Å². The fourth-order valence-electron chi connectivity index (χ4n) is 3.20. The van der Waals surface area contributed by atoms with Gasteiger partial charge in [0, 0.05) is 12.6 Å². The van der Waals surface area contributed by atoms with E-state index in [4.69, 9.17) is 11.6 Å². The van der Waals surface area contributed by atoms with E-state index < -0.39 is 15.9 Å². The van der Waals surface area contributed by atoms with Crippen molar-refractivity contribution in [3.63, 3.8) is 0 Å². The van der Waals surface area contributed by atoms with Gasteiger partial charge in [-0.05, 0) is 30.2 Å². The number of hydrogen-bond acceptors (Lipinski definition) is 6. The molecule has 3 rings (SSSR count). The monoisotopic (exact) mass is 439 g/mol. The van der Waals surface area contributed by atoms with E-state index in [0.29, 0.717) is 18.1 Å². The molecule has 1 aromatic carbocycles. The number of aromatic nitrogens is 2. The van der Waals surface area contributed by atoms with Gasteiger partial charge in [-0.15, -0.1) is 0 Å². The van der Waals surface area contributed by atoms with Gasteiger partial charge in [-0.25, -0.2) is 18.4 Å². The molecule has 0 saturated carbocycles. The zero-order valence-electron chi connectivity index (χ0n) is 15.8. The van der Waals surface area contributed by atoms with Crippen molar-refractivity contribution in [1.29, 1.82) is 0 Å². The normalized spacial score (nSPS) is 18.2. The molecule has 6 nitrogen and oxygen atoms in total. The van der Waals surface area contributed by atoms with E-state index in [1.807, 2.05) is 30.5 Å². The second-order valence-corrected chi connectivity index (χ2v) is 10.1. The second kappa shape index (κ2) is 8.80. The van der Waals surface area contributed by atoms with Crippen molar-refractivity contribution in [2.24, 2.45) is 0 Å². The standard InChI is InChI=1S/C19H22ClN3O3S2/c1-3-13-4-6-14(7-5-13)11-23(15-8-9-28(25,26)12-15)18(24)17-16(20)10-21-19(22-17)27-2/h4-7,10,15H,3,8-9,11-12H2,1-2H3. The lowest BCUT2D eigenvalue weighted by Crippen LogP contribution is -2.41. The van der Waals surface area contributed by atoms with E-state index >= 15 is 0 Å². The third kappa shape index (κ3) is 4.85. The summed E-state index contributed by atoms with van der Waals surface area (Å²) in [5.41, 5.74) is 2.24. The first-order valence-electron chi connectivity index (χ1n) is 8.98. The van der Waals surface area contributed by atoms with Gasteiger partial charge in [0.2, 0.25) is 0 Å². The second-order valence-electron chi connectivity index (χ2n) is 6.71. The molecule has 9 heteroatoms. The summed E-state index contributed by atoms with van der Waals surface area (Å²) in [5, 5.41) is 0.606. The van der Waals surface area contributed by atoms with Crippen LogP contribution in [0.25, 0.3) is 0 Å². The summed E-state index contributed by atoms with van der Waals surface area (Å²) < 4.78 is 24.0. The van der Waals surface area contributed by atoms with Crippen molar-refractivity contribution in [1.82, 2.24) is 14.9 Å². The molecule has 2 aromatic rings. The lowest BCUT2D eigenvalue weighted by Gasteiger charge is -2.28. The van der Waals surface area contributed by atoms with Crippen molar-refractivity contribution in [2.75, 3.05) is 17.8 Å². The van der Waals surface area contributed by atoms with Crippen molar-refractivity contribution in [2.45, 2.75) is 37.5 Å². The number of aryl methyl sites for hydroxylation is 1. The van der Waals surface area contributed by atoms with Crippen LogP contribution in [0.2, 0.25) is 5.02 Å². The number of carbonyl (C=O) groups is 1. The van der Waals surface area contributed by atoms with Crippen LogP contribution >= 0.6 is 23.4 Å². The molecule has 1 atom stereocenters. The summed E-state index contributed by atoms with van der Waals surface area (Å²) >= 11 is 7.51. The number of thioether (sulfide) groups is 1. The molecule has 1 amide bonds. The quantitative estimate of drug-likeness (QED) is 0.507. The van der Waals surface area contributed by atoms with Gasteiger partial charge in [0.1, 0.15) is 0 Å². The summed E-state index contributed by atoms with van der Waals surface area (Å²) in [6.07, 6.45) is 4.57. The van der Waals surface area contributed by atoms with Crippen LogP contribution in [0.3, 0.4) is 0 Å². The first-order chi connectivity index (χ1) is 13.3. The highest BCUT2D eigenvalue weighted by atomic mass is 35.5. The predicted octanol–water partition coefficient (Wildman–Crippen LogP) is 3.24. The van der Waals surface area contributed by atoms with Gasteiger partial charge in [-0.2, -0.15) is 0 Å². The maximum atomic E-state index is 13.3. The van der Waals surface area contributed by atoms with Crippen LogP contribution in [0, 0.1) is 0 Å². The smallest absolute Gasteiger partial charge is 0.274 e. The molecule has 0 N–H and O–H groups in total. The van der Waals surface area contributed by atoms with Gasteiger partial charge in [-0.3, -0.25) is 4.79 Å². The summed E-state index contributed by atoms with van der Waals surface area (Å²) in [4.78, 5) is 23.2. The van der Waals surface area contributed by atoms with Gasteiger partial charge in [0.25, 0.3) is 5.91 Å². The Balaban J connectivity index is 1.94. The van der Waals surface area contributed by atoms with E-state index in [2.05, 4.69) is 16.9 Å². The predicted molar refractivity (Wildman–Crippen MR) is 112 cm³/mol. The molecule has 0 spiro atoms. The van der Waals surface area contributed by atoms with Gasteiger partial charge >= 0.3 is 0 Å². The fraction of sp³-hybridized carbons (Fsp3) is 0.421. The lowest BCUT2D eigenvalue weighted by molar-refractivity contribution is 0.0674. The topological polar surface area (TPSA) is 80.2 Å². The van der Waals surface area contributed by atoms with Crippen LogP contribution in [0.4, 0.5) is 0 Å². The van der Waals surface area contributed by atoms with Crippen LogP contribution in [-0.2, 0) is 22.8 Å².